The van der Waals surface area contributed by atoms with Crippen molar-refractivity contribution < 1.29 is 27.8 Å². The molecule has 1 fully saturated rings. The smallest absolute Gasteiger partial charge is 0.327 e. The van der Waals surface area contributed by atoms with E-state index in [0.29, 0.717) is 16.9 Å². The van der Waals surface area contributed by atoms with Gasteiger partial charge in [-0.3, -0.25) is 4.79 Å². The summed E-state index contributed by atoms with van der Waals surface area (Å²) in [5.41, 5.74) is -0.400. The Morgan fingerprint density at radius 1 is 1.36 bits per heavy atom. The fraction of sp³-hybridized carbons (Fsp3) is 0.500. The van der Waals surface area contributed by atoms with Crippen molar-refractivity contribution in [2.75, 3.05) is 20.3 Å². The molecule has 0 aromatic heterocycles. The second kappa shape index (κ2) is 5.86. The van der Waals surface area contributed by atoms with Crippen LogP contribution in [0.3, 0.4) is 0 Å². The van der Waals surface area contributed by atoms with Gasteiger partial charge in [-0.2, -0.15) is 4.72 Å². The fourth-order valence-corrected chi connectivity index (χ4v) is 4.13. The first-order valence-corrected chi connectivity index (χ1v) is 8.21. The molecule has 0 spiro atoms. The Hall–Kier alpha value is -1.64. The maximum absolute atomic E-state index is 12.6. The molecule has 2 rings (SSSR count). The van der Waals surface area contributed by atoms with E-state index in [1.54, 1.807) is 19.9 Å². The molecule has 1 aliphatic heterocycles. The first-order valence-electron chi connectivity index (χ1n) is 6.73. The van der Waals surface area contributed by atoms with Gasteiger partial charge in [-0.1, -0.05) is 0 Å². The molecular formula is C14H19NO6S. The Kier molecular flexibility index (Phi) is 4.46. The maximum atomic E-state index is 12.6. The van der Waals surface area contributed by atoms with E-state index in [1.165, 1.54) is 13.2 Å². The Bertz CT molecular complexity index is 692. The molecule has 1 heterocycles. The number of benzene rings is 1. The number of hydrogen-bond acceptors (Lipinski definition) is 5. The zero-order valence-electron chi connectivity index (χ0n) is 12.7. The predicted octanol–water partition coefficient (Wildman–Crippen LogP) is 0.834. The highest BCUT2D eigenvalue weighted by Crippen LogP contribution is 2.29. The number of hydrogen-bond donors (Lipinski definition) is 2. The molecule has 7 nitrogen and oxygen atoms in total. The van der Waals surface area contributed by atoms with Crippen LogP contribution in [0.5, 0.6) is 5.75 Å². The van der Waals surface area contributed by atoms with Crippen molar-refractivity contribution in [2.45, 2.75) is 30.7 Å². The number of rotatable bonds is 5. The second-order valence-electron chi connectivity index (χ2n) is 5.31. The van der Waals surface area contributed by atoms with Crippen LogP contribution in [0.2, 0.25) is 0 Å². The molecule has 22 heavy (non-hydrogen) atoms. The molecule has 0 saturated carbocycles. The monoisotopic (exact) mass is 329 g/mol. The largest absolute Gasteiger partial charge is 0.496 e. The summed E-state index contributed by atoms with van der Waals surface area (Å²) in [7, 11) is -2.49. The van der Waals surface area contributed by atoms with E-state index in [4.69, 9.17) is 9.47 Å². The Labute approximate surface area is 129 Å². The molecule has 1 aliphatic rings. The van der Waals surface area contributed by atoms with Crippen molar-refractivity contribution >= 4 is 16.0 Å². The van der Waals surface area contributed by atoms with Crippen molar-refractivity contribution in [1.29, 1.82) is 0 Å². The highest BCUT2D eigenvalue weighted by molar-refractivity contribution is 7.89. The average Bonchev–Trinajstić information content (AvgIpc) is 2.90. The van der Waals surface area contributed by atoms with Gasteiger partial charge >= 0.3 is 5.97 Å². The van der Waals surface area contributed by atoms with E-state index in [2.05, 4.69) is 4.72 Å². The lowest BCUT2D eigenvalue weighted by Crippen LogP contribution is -2.55. The van der Waals surface area contributed by atoms with Gasteiger partial charge in [-0.15, -0.1) is 0 Å². The third-order valence-electron chi connectivity index (χ3n) is 3.96. The first-order chi connectivity index (χ1) is 10.2. The summed E-state index contributed by atoms with van der Waals surface area (Å²) in [4.78, 5) is 11.5. The van der Waals surface area contributed by atoms with Gasteiger partial charge < -0.3 is 14.6 Å². The summed E-state index contributed by atoms with van der Waals surface area (Å²) in [6, 6.07) is 2.96. The standard InChI is InChI=1S/C14H19NO6S/c1-9-10(2)12(5-4-11(9)20-3)22(18,19)15-14(13(16)17)6-7-21-8-14/h4-5,15H,6-8H2,1-3H3,(H,16,17). The lowest BCUT2D eigenvalue weighted by molar-refractivity contribution is -0.144. The number of carboxylic acids is 1. The van der Waals surface area contributed by atoms with Gasteiger partial charge in [0.05, 0.1) is 18.6 Å². The third kappa shape index (κ3) is 2.81. The minimum Gasteiger partial charge on any atom is -0.496 e. The molecule has 0 aliphatic carbocycles. The van der Waals surface area contributed by atoms with E-state index in [-0.39, 0.29) is 24.5 Å². The van der Waals surface area contributed by atoms with Crippen molar-refractivity contribution in [3.8, 4) is 5.75 Å². The van der Waals surface area contributed by atoms with Crippen LogP contribution in [0.1, 0.15) is 17.5 Å². The topological polar surface area (TPSA) is 102 Å². The van der Waals surface area contributed by atoms with E-state index in [9.17, 15) is 18.3 Å². The summed E-state index contributed by atoms with van der Waals surface area (Å²) in [5, 5.41) is 9.35. The molecule has 122 valence electrons. The second-order valence-corrected chi connectivity index (χ2v) is 6.96. The van der Waals surface area contributed by atoms with Gasteiger partial charge in [0.25, 0.3) is 0 Å². The lowest BCUT2D eigenvalue weighted by atomic mass is 10.0. The number of nitrogens with one attached hydrogen (secondary N) is 1. The zero-order valence-corrected chi connectivity index (χ0v) is 13.5. The van der Waals surface area contributed by atoms with Gasteiger partial charge in [0.1, 0.15) is 5.75 Å². The number of carboxylic acid groups (broad SMARTS) is 1. The highest BCUT2D eigenvalue weighted by Gasteiger charge is 2.46. The molecule has 0 bridgehead atoms. The summed E-state index contributed by atoms with van der Waals surface area (Å²) in [5.74, 6) is -0.662. The van der Waals surface area contributed by atoms with E-state index >= 15 is 0 Å². The fourth-order valence-electron chi connectivity index (χ4n) is 2.45. The van der Waals surface area contributed by atoms with Gasteiger partial charge in [0, 0.05) is 13.0 Å². The molecule has 1 aromatic rings. The third-order valence-corrected chi connectivity index (χ3v) is 5.64. The molecule has 1 aromatic carbocycles. The van der Waals surface area contributed by atoms with Gasteiger partial charge in [0.15, 0.2) is 5.54 Å². The zero-order chi connectivity index (χ0) is 16.5. The number of methoxy groups -OCH3 is 1. The maximum Gasteiger partial charge on any atom is 0.327 e. The lowest BCUT2D eigenvalue weighted by Gasteiger charge is -2.24. The summed E-state index contributed by atoms with van der Waals surface area (Å²) in [6.07, 6.45) is 0.0930. The Morgan fingerprint density at radius 3 is 2.55 bits per heavy atom. The van der Waals surface area contributed by atoms with Crippen LogP contribution < -0.4 is 9.46 Å². The number of ether oxygens (including phenoxy) is 2. The van der Waals surface area contributed by atoms with Crippen molar-refractivity contribution in [1.82, 2.24) is 4.72 Å². The van der Waals surface area contributed by atoms with Gasteiger partial charge in [0.2, 0.25) is 10.0 Å². The van der Waals surface area contributed by atoms with Crippen molar-refractivity contribution in [3.63, 3.8) is 0 Å². The quantitative estimate of drug-likeness (QED) is 0.830. The van der Waals surface area contributed by atoms with Crippen LogP contribution >= 0.6 is 0 Å². The van der Waals surface area contributed by atoms with Crippen LogP contribution in [0.4, 0.5) is 0 Å². The number of aliphatic carboxylic acids is 1. The first kappa shape index (κ1) is 16.7. The Morgan fingerprint density at radius 2 is 2.05 bits per heavy atom. The van der Waals surface area contributed by atoms with E-state index < -0.39 is 21.5 Å². The van der Waals surface area contributed by atoms with Crippen LogP contribution in [-0.2, 0) is 19.6 Å². The predicted molar refractivity (Wildman–Crippen MR) is 78.6 cm³/mol. The van der Waals surface area contributed by atoms with Gasteiger partial charge in [-0.25, -0.2) is 8.42 Å². The van der Waals surface area contributed by atoms with Gasteiger partial charge in [-0.05, 0) is 37.1 Å². The van der Waals surface area contributed by atoms with Crippen molar-refractivity contribution in [2.24, 2.45) is 0 Å². The number of sulfonamides is 1. The summed E-state index contributed by atoms with van der Waals surface area (Å²) >= 11 is 0. The number of carbonyl (C=O) groups is 1. The van der Waals surface area contributed by atoms with E-state index in [0.717, 1.165) is 0 Å². The van der Waals surface area contributed by atoms with E-state index in [1.807, 2.05) is 0 Å². The molecule has 1 atom stereocenters. The van der Waals surface area contributed by atoms with Crippen LogP contribution in [0, 0.1) is 13.8 Å². The van der Waals surface area contributed by atoms with Crippen LogP contribution in [0.25, 0.3) is 0 Å². The highest BCUT2D eigenvalue weighted by atomic mass is 32.2. The molecule has 0 amide bonds. The molecule has 0 radical (unpaired) electrons. The van der Waals surface area contributed by atoms with Crippen molar-refractivity contribution in [3.05, 3.63) is 23.3 Å². The minimum absolute atomic E-state index is 0.0401. The molecule has 1 unspecified atom stereocenters. The molecule has 1 saturated heterocycles. The summed E-state index contributed by atoms with van der Waals surface area (Å²) < 4.78 is 37.7. The SMILES string of the molecule is COc1ccc(S(=O)(=O)NC2(C(=O)O)CCOC2)c(C)c1C. The molecule has 8 heteroatoms. The summed E-state index contributed by atoms with van der Waals surface area (Å²) in [6.45, 7) is 3.43. The van der Waals surface area contributed by atoms with Crippen LogP contribution in [-0.4, -0.2) is 45.4 Å². The Balaban J connectivity index is 2.43. The molecular weight excluding hydrogens is 310 g/mol. The van der Waals surface area contributed by atoms with Crippen LogP contribution in [0.15, 0.2) is 17.0 Å². The minimum atomic E-state index is -3.99. The average molecular weight is 329 g/mol. The molecule has 2 N–H and O–H groups in total. The normalized spacial score (nSPS) is 21.8.